The molecule has 0 atom stereocenters. The quantitative estimate of drug-likeness (QED) is 0.676. The van der Waals surface area contributed by atoms with Gasteiger partial charge in [0.15, 0.2) is 0 Å². The van der Waals surface area contributed by atoms with Crippen LogP contribution in [0.5, 0.6) is 0 Å². The number of aliphatic carboxylic acids is 1. The maximum atomic E-state index is 12.0. The van der Waals surface area contributed by atoms with Gasteiger partial charge in [-0.2, -0.15) is 0 Å². The van der Waals surface area contributed by atoms with Crippen LogP contribution in [0.25, 0.3) is 0 Å². The van der Waals surface area contributed by atoms with Crippen molar-refractivity contribution in [2.24, 2.45) is 5.41 Å². The van der Waals surface area contributed by atoms with Gasteiger partial charge in [-0.25, -0.2) is 4.79 Å². The average Bonchev–Trinajstić information content (AvgIpc) is 2.46. The summed E-state index contributed by atoms with van der Waals surface area (Å²) in [4.78, 5) is 24.9. The predicted molar refractivity (Wildman–Crippen MR) is 83.3 cm³/mol. The number of carbonyl (C=O) groups is 2. The Bertz CT molecular complexity index is 336. The van der Waals surface area contributed by atoms with E-state index in [0.29, 0.717) is 25.9 Å². The Hall–Kier alpha value is -1.26. The van der Waals surface area contributed by atoms with E-state index in [2.05, 4.69) is 12.2 Å². The van der Waals surface area contributed by atoms with E-state index in [0.717, 1.165) is 19.4 Å². The molecule has 0 spiro atoms. The number of rotatable bonds is 8. The number of amides is 2. The lowest BCUT2D eigenvalue weighted by atomic mass is 9.80. The van der Waals surface area contributed by atoms with E-state index in [4.69, 9.17) is 5.11 Å². The molecule has 2 N–H and O–H groups in total. The standard InChI is InChI=1S/C16H30N2O3/c1-3-4-5-6-7-8-11-17-15(21)18-12-9-16(2,10-13-18)14(19)20/h3-13H2,1-2H3,(H,17,21)(H,19,20). The van der Waals surface area contributed by atoms with Crippen LogP contribution in [0.3, 0.4) is 0 Å². The molecule has 0 unspecified atom stereocenters. The minimum Gasteiger partial charge on any atom is -0.481 e. The maximum Gasteiger partial charge on any atom is 0.317 e. The number of hydrogen-bond acceptors (Lipinski definition) is 2. The van der Waals surface area contributed by atoms with E-state index in [9.17, 15) is 9.59 Å². The van der Waals surface area contributed by atoms with Crippen molar-refractivity contribution >= 4 is 12.0 Å². The number of urea groups is 1. The second-order valence-corrected chi connectivity index (χ2v) is 6.35. The van der Waals surface area contributed by atoms with Crippen molar-refractivity contribution in [1.82, 2.24) is 10.2 Å². The zero-order valence-corrected chi connectivity index (χ0v) is 13.5. The molecule has 1 aliphatic rings. The van der Waals surface area contributed by atoms with Crippen LogP contribution in [0, 0.1) is 5.41 Å². The SMILES string of the molecule is CCCCCCCCNC(=O)N1CCC(C)(C(=O)O)CC1. The van der Waals surface area contributed by atoms with E-state index in [-0.39, 0.29) is 6.03 Å². The fourth-order valence-corrected chi connectivity index (χ4v) is 2.63. The molecule has 0 aromatic carbocycles. The zero-order chi connectivity index (χ0) is 15.7. The first kappa shape index (κ1) is 17.8. The van der Waals surface area contributed by atoms with Gasteiger partial charge in [-0.1, -0.05) is 39.0 Å². The number of nitrogens with one attached hydrogen (secondary N) is 1. The molecule has 0 bridgehead atoms. The molecule has 1 saturated heterocycles. The lowest BCUT2D eigenvalue weighted by Crippen LogP contribution is -2.48. The molecule has 1 rings (SSSR count). The molecule has 5 heteroatoms. The summed E-state index contributed by atoms with van der Waals surface area (Å²) < 4.78 is 0. The molecule has 0 saturated carbocycles. The Kier molecular flexibility index (Phi) is 7.54. The summed E-state index contributed by atoms with van der Waals surface area (Å²) in [6.45, 7) is 5.75. The molecule has 1 aliphatic heterocycles. The Labute approximate surface area is 128 Å². The topological polar surface area (TPSA) is 69.6 Å². The summed E-state index contributed by atoms with van der Waals surface area (Å²) in [5, 5.41) is 12.1. The Morgan fingerprint density at radius 1 is 1.10 bits per heavy atom. The van der Waals surface area contributed by atoms with Gasteiger partial charge in [-0.15, -0.1) is 0 Å². The fourth-order valence-electron chi connectivity index (χ4n) is 2.63. The average molecular weight is 298 g/mol. The molecule has 0 aromatic rings. The second kappa shape index (κ2) is 8.90. The summed E-state index contributed by atoms with van der Waals surface area (Å²) in [7, 11) is 0. The number of hydrogen-bond donors (Lipinski definition) is 2. The van der Waals surface area contributed by atoms with Crippen LogP contribution in [0.15, 0.2) is 0 Å². The first-order valence-electron chi connectivity index (χ1n) is 8.26. The summed E-state index contributed by atoms with van der Waals surface area (Å²) in [6.07, 6.45) is 8.32. The lowest BCUT2D eigenvalue weighted by molar-refractivity contribution is -0.150. The highest BCUT2D eigenvalue weighted by Gasteiger charge is 2.37. The highest BCUT2D eigenvalue weighted by atomic mass is 16.4. The Morgan fingerprint density at radius 3 is 2.24 bits per heavy atom. The summed E-state index contributed by atoms with van der Waals surface area (Å²) in [5.41, 5.74) is -0.671. The molecule has 1 fully saturated rings. The lowest BCUT2D eigenvalue weighted by Gasteiger charge is -2.36. The highest BCUT2D eigenvalue weighted by Crippen LogP contribution is 2.30. The zero-order valence-electron chi connectivity index (χ0n) is 13.5. The van der Waals surface area contributed by atoms with Gasteiger partial charge in [-0.3, -0.25) is 4.79 Å². The van der Waals surface area contributed by atoms with E-state index in [1.54, 1.807) is 11.8 Å². The van der Waals surface area contributed by atoms with Gasteiger partial charge in [0.1, 0.15) is 0 Å². The van der Waals surface area contributed by atoms with Gasteiger partial charge in [0.2, 0.25) is 0 Å². The summed E-state index contributed by atoms with van der Waals surface area (Å²) >= 11 is 0. The molecular weight excluding hydrogens is 268 g/mol. The first-order valence-corrected chi connectivity index (χ1v) is 8.26. The van der Waals surface area contributed by atoms with Crippen molar-refractivity contribution < 1.29 is 14.7 Å². The van der Waals surface area contributed by atoms with Crippen molar-refractivity contribution in [3.63, 3.8) is 0 Å². The van der Waals surface area contributed by atoms with Crippen molar-refractivity contribution in [2.75, 3.05) is 19.6 Å². The monoisotopic (exact) mass is 298 g/mol. The van der Waals surface area contributed by atoms with Crippen LogP contribution in [0.2, 0.25) is 0 Å². The molecule has 21 heavy (non-hydrogen) atoms. The van der Waals surface area contributed by atoms with Crippen LogP contribution < -0.4 is 5.32 Å². The van der Waals surface area contributed by atoms with Crippen molar-refractivity contribution in [1.29, 1.82) is 0 Å². The van der Waals surface area contributed by atoms with Crippen molar-refractivity contribution in [3.05, 3.63) is 0 Å². The third kappa shape index (κ3) is 5.94. The van der Waals surface area contributed by atoms with Crippen molar-refractivity contribution in [3.8, 4) is 0 Å². The molecule has 0 aromatic heterocycles. The number of carboxylic acids is 1. The first-order chi connectivity index (χ1) is 9.99. The number of unbranched alkanes of at least 4 members (excludes halogenated alkanes) is 5. The van der Waals surface area contributed by atoms with Gasteiger partial charge in [0, 0.05) is 19.6 Å². The smallest absolute Gasteiger partial charge is 0.317 e. The van der Waals surface area contributed by atoms with Gasteiger partial charge in [0.25, 0.3) is 0 Å². The van der Waals surface area contributed by atoms with E-state index in [1.807, 2.05) is 0 Å². The Balaban J connectivity index is 2.13. The molecular formula is C16H30N2O3. The normalized spacial score (nSPS) is 17.5. The van der Waals surface area contributed by atoms with Crippen molar-refractivity contribution in [2.45, 2.75) is 65.2 Å². The van der Waals surface area contributed by atoms with Gasteiger partial charge in [-0.05, 0) is 26.2 Å². The third-order valence-electron chi connectivity index (χ3n) is 4.48. The van der Waals surface area contributed by atoms with Crippen LogP contribution in [0.4, 0.5) is 4.79 Å². The molecule has 0 aliphatic carbocycles. The third-order valence-corrected chi connectivity index (χ3v) is 4.48. The molecule has 0 radical (unpaired) electrons. The summed E-state index contributed by atoms with van der Waals surface area (Å²) in [5.74, 6) is -0.755. The summed E-state index contributed by atoms with van der Waals surface area (Å²) in [6, 6.07) is -0.0454. The maximum absolute atomic E-state index is 12.0. The molecule has 1 heterocycles. The number of piperidine rings is 1. The van der Waals surface area contributed by atoms with E-state index >= 15 is 0 Å². The molecule has 5 nitrogen and oxygen atoms in total. The van der Waals surface area contributed by atoms with Crippen LogP contribution in [-0.2, 0) is 4.79 Å². The molecule has 2 amide bonds. The second-order valence-electron chi connectivity index (χ2n) is 6.35. The van der Waals surface area contributed by atoms with Crippen LogP contribution in [-0.4, -0.2) is 41.6 Å². The van der Waals surface area contributed by atoms with Crippen LogP contribution in [0.1, 0.15) is 65.2 Å². The molecule has 122 valence electrons. The minimum absolute atomic E-state index is 0.0454. The Morgan fingerprint density at radius 2 is 1.67 bits per heavy atom. The minimum atomic E-state index is -0.755. The van der Waals surface area contributed by atoms with Crippen LogP contribution >= 0.6 is 0 Å². The highest BCUT2D eigenvalue weighted by molar-refractivity contribution is 5.76. The van der Waals surface area contributed by atoms with Gasteiger partial charge >= 0.3 is 12.0 Å². The number of carbonyl (C=O) groups excluding carboxylic acids is 1. The number of likely N-dealkylation sites (tertiary alicyclic amines) is 1. The van der Waals surface area contributed by atoms with Gasteiger partial charge in [0.05, 0.1) is 5.41 Å². The van der Waals surface area contributed by atoms with E-state index in [1.165, 1.54) is 25.7 Å². The number of nitrogens with zero attached hydrogens (tertiary/aromatic N) is 1. The van der Waals surface area contributed by atoms with E-state index < -0.39 is 11.4 Å². The predicted octanol–water partition coefficient (Wildman–Crippen LogP) is 3.24. The largest absolute Gasteiger partial charge is 0.481 e. The number of carboxylic acid groups (broad SMARTS) is 1. The fraction of sp³-hybridized carbons (Fsp3) is 0.875. The van der Waals surface area contributed by atoms with Gasteiger partial charge < -0.3 is 15.3 Å².